The maximum atomic E-state index is 9.36. The number of benzene rings is 5. The van der Waals surface area contributed by atoms with E-state index in [2.05, 4.69) is 128 Å². The highest BCUT2D eigenvalue weighted by Crippen LogP contribution is 2.36. The molecule has 45 heavy (non-hydrogen) atoms. The van der Waals surface area contributed by atoms with E-state index in [1.54, 1.807) is 6.92 Å². The number of hydrogen-bond donors (Lipinski definition) is 2. The molecule has 0 aliphatic heterocycles. The van der Waals surface area contributed by atoms with Crippen molar-refractivity contribution < 1.29 is 19.7 Å². The molecule has 1 unspecified atom stereocenters. The van der Waals surface area contributed by atoms with Gasteiger partial charge in [0.05, 0.1) is 6.61 Å². The highest BCUT2D eigenvalue weighted by Gasteiger charge is 2.13. The number of rotatable bonds is 13. The predicted molar refractivity (Wildman–Crippen MR) is 183 cm³/mol. The number of hydrogen-bond acceptors (Lipinski definition) is 5. The number of aliphatic hydroxyl groups is 2. The number of aliphatic hydroxyl groups excluding tert-OH is 2. The van der Waals surface area contributed by atoms with Crippen molar-refractivity contribution in [3.63, 3.8) is 0 Å². The summed E-state index contributed by atoms with van der Waals surface area (Å²) in [7, 11) is 0. The Morgan fingerprint density at radius 2 is 1.07 bits per heavy atom. The van der Waals surface area contributed by atoms with Gasteiger partial charge in [-0.3, -0.25) is 0 Å². The molecule has 5 rings (SSSR count). The Morgan fingerprint density at radius 3 is 1.58 bits per heavy atom. The van der Waals surface area contributed by atoms with Gasteiger partial charge >= 0.3 is 0 Å². The first-order valence-corrected chi connectivity index (χ1v) is 15.3. The van der Waals surface area contributed by atoms with Gasteiger partial charge in [-0.15, -0.1) is 0 Å². The third-order valence-corrected chi connectivity index (χ3v) is 7.65. The summed E-state index contributed by atoms with van der Waals surface area (Å²) < 4.78 is 11.0. The van der Waals surface area contributed by atoms with Gasteiger partial charge in [0.1, 0.15) is 30.5 Å². The van der Waals surface area contributed by atoms with Crippen LogP contribution in [0.1, 0.15) is 29.2 Å². The fourth-order valence-corrected chi connectivity index (χ4v) is 5.05. The van der Waals surface area contributed by atoms with Crippen LogP contribution in [-0.2, 0) is 17.6 Å². The SMILES string of the molecule is C/C(=C/OCC(O)CO)Oc1ccc(CCc2ccc(N(c3ccc(C)cc3)c3ccc(-c4ccc(C)cc4)cc3)cc2)cc1. The molecule has 0 aromatic heterocycles. The van der Waals surface area contributed by atoms with Crippen LogP contribution < -0.4 is 9.64 Å². The molecule has 2 N–H and O–H groups in total. The van der Waals surface area contributed by atoms with Crippen LogP contribution in [0.3, 0.4) is 0 Å². The van der Waals surface area contributed by atoms with E-state index in [4.69, 9.17) is 14.6 Å². The van der Waals surface area contributed by atoms with E-state index in [-0.39, 0.29) is 13.2 Å². The van der Waals surface area contributed by atoms with E-state index in [0.29, 0.717) is 11.5 Å². The van der Waals surface area contributed by atoms with Crippen molar-refractivity contribution in [1.82, 2.24) is 0 Å². The zero-order chi connectivity index (χ0) is 31.6. The second-order valence-electron chi connectivity index (χ2n) is 11.4. The molecule has 0 amide bonds. The maximum absolute atomic E-state index is 9.36. The van der Waals surface area contributed by atoms with Gasteiger partial charge in [-0.1, -0.05) is 83.9 Å². The smallest absolute Gasteiger partial charge is 0.135 e. The average molecular weight is 600 g/mol. The van der Waals surface area contributed by atoms with Gasteiger partial charge in [0.2, 0.25) is 0 Å². The molecule has 5 heteroatoms. The van der Waals surface area contributed by atoms with Gasteiger partial charge in [-0.25, -0.2) is 0 Å². The molecule has 0 heterocycles. The van der Waals surface area contributed by atoms with Crippen molar-refractivity contribution in [2.24, 2.45) is 0 Å². The van der Waals surface area contributed by atoms with Crippen molar-refractivity contribution in [3.05, 3.63) is 156 Å². The average Bonchev–Trinajstić information content (AvgIpc) is 3.06. The molecule has 230 valence electrons. The van der Waals surface area contributed by atoms with Crippen LogP contribution >= 0.6 is 0 Å². The minimum Gasteiger partial charge on any atom is -0.495 e. The van der Waals surface area contributed by atoms with Gasteiger partial charge < -0.3 is 24.6 Å². The van der Waals surface area contributed by atoms with Crippen LogP contribution in [0.15, 0.2) is 133 Å². The third-order valence-electron chi connectivity index (χ3n) is 7.65. The van der Waals surface area contributed by atoms with Crippen LogP contribution in [0.4, 0.5) is 17.1 Å². The molecule has 5 nitrogen and oxygen atoms in total. The molecular weight excluding hydrogens is 558 g/mol. The minimum atomic E-state index is -0.904. The molecule has 0 fully saturated rings. The summed E-state index contributed by atoms with van der Waals surface area (Å²) >= 11 is 0. The van der Waals surface area contributed by atoms with E-state index in [0.717, 1.165) is 29.9 Å². The standard InChI is InChI=1S/C40H41NO4/c1-29-4-14-34(15-5-29)35-16-22-38(23-17-35)41(36-18-6-30(2)7-19-36)37-20-10-32(11-21-37)8-9-33-12-24-40(25-13-33)45-31(3)27-44-28-39(43)26-42/h4-7,10-25,27,39,42-43H,8-9,26,28H2,1-3H3/b31-27-. The van der Waals surface area contributed by atoms with Crippen LogP contribution in [0, 0.1) is 13.8 Å². The lowest BCUT2D eigenvalue weighted by molar-refractivity contribution is 0.0367. The predicted octanol–water partition coefficient (Wildman–Crippen LogP) is 8.84. The molecule has 0 saturated heterocycles. The number of aryl methyl sites for hydroxylation is 4. The first-order chi connectivity index (χ1) is 21.9. The summed E-state index contributed by atoms with van der Waals surface area (Å²) in [5.41, 5.74) is 10.8. The van der Waals surface area contributed by atoms with Gasteiger partial charge in [-0.2, -0.15) is 0 Å². The van der Waals surface area contributed by atoms with Gasteiger partial charge in [-0.05, 0) is 104 Å². The molecule has 1 atom stereocenters. The molecule has 5 aromatic carbocycles. The maximum Gasteiger partial charge on any atom is 0.135 e. The fourth-order valence-electron chi connectivity index (χ4n) is 5.05. The minimum absolute atomic E-state index is 0.0166. The van der Waals surface area contributed by atoms with E-state index < -0.39 is 6.10 Å². The summed E-state index contributed by atoms with van der Waals surface area (Å²) in [6.45, 7) is 5.68. The molecule has 5 aromatic rings. The zero-order valence-electron chi connectivity index (χ0n) is 26.2. The summed E-state index contributed by atoms with van der Waals surface area (Å²) in [6.07, 6.45) is 2.38. The van der Waals surface area contributed by atoms with Crippen LogP contribution in [0.25, 0.3) is 11.1 Å². The third kappa shape index (κ3) is 8.85. The fraction of sp³-hybridized carbons (Fsp3) is 0.200. The second kappa shape index (κ2) is 15.2. The van der Waals surface area contributed by atoms with Gasteiger partial charge in [0, 0.05) is 17.1 Å². The molecule has 0 aliphatic carbocycles. The largest absolute Gasteiger partial charge is 0.495 e. The molecule has 0 radical (unpaired) electrons. The topological polar surface area (TPSA) is 62.2 Å². The lowest BCUT2D eigenvalue weighted by Gasteiger charge is -2.26. The van der Waals surface area contributed by atoms with Crippen molar-refractivity contribution >= 4 is 17.1 Å². The Labute approximate surface area is 266 Å². The highest BCUT2D eigenvalue weighted by molar-refractivity contribution is 5.78. The van der Waals surface area contributed by atoms with Gasteiger partial charge in [0.15, 0.2) is 0 Å². The number of nitrogens with zero attached hydrogens (tertiary/aromatic N) is 1. The Hall–Kier alpha value is -4.84. The molecule has 0 bridgehead atoms. The first-order valence-electron chi connectivity index (χ1n) is 15.3. The molecule has 0 saturated carbocycles. The Morgan fingerprint density at radius 1 is 0.644 bits per heavy atom. The Balaban J connectivity index is 1.25. The summed E-state index contributed by atoms with van der Waals surface area (Å²) in [6, 6.07) is 43.0. The van der Waals surface area contributed by atoms with Crippen LogP contribution in [0.5, 0.6) is 5.75 Å². The molecule has 0 aliphatic rings. The van der Waals surface area contributed by atoms with Crippen LogP contribution in [-0.4, -0.2) is 29.5 Å². The summed E-state index contributed by atoms with van der Waals surface area (Å²) in [5.74, 6) is 1.28. The Bertz CT molecular complexity index is 1660. The number of allylic oxidation sites excluding steroid dienone is 1. The monoisotopic (exact) mass is 599 g/mol. The normalized spacial score (nSPS) is 12.1. The first kappa shape index (κ1) is 31.6. The summed E-state index contributed by atoms with van der Waals surface area (Å²) in [5, 5.41) is 18.2. The Kier molecular flexibility index (Phi) is 10.7. The molecular formula is C40H41NO4. The number of ether oxygens (including phenoxy) is 2. The van der Waals surface area contributed by atoms with Crippen molar-refractivity contribution in [3.8, 4) is 16.9 Å². The highest BCUT2D eigenvalue weighted by atomic mass is 16.5. The lowest BCUT2D eigenvalue weighted by atomic mass is 10.0. The summed E-state index contributed by atoms with van der Waals surface area (Å²) in [4.78, 5) is 2.30. The lowest BCUT2D eigenvalue weighted by Crippen LogP contribution is -2.17. The quantitative estimate of drug-likeness (QED) is 0.132. The van der Waals surface area contributed by atoms with Crippen molar-refractivity contribution in [2.75, 3.05) is 18.1 Å². The zero-order valence-corrected chi connectivity index (χ0v) is 26.2. The van der Waals surface area contributed by atoms with Gasteiger partial charge in [0.25, 0.3) is 0 Å². The van der Waals surface area contributed by atoms with Crippen LogP contribution in [0.2, 0.25) is 0 Å². The van der Waals surface area contributed by atoms with Crippen molar-refractivity contribution in [2.45, 2.75) is 39.7 Å². The van der Waals surface area contributed by atoms with E-state index in [1.165, 1.54) is 39.6 Å². The van der Waals surface area contributed by atoms with Crippen molar-refractivity contribution in [1.29, 1.82) is 0 Å². The van der Waals surface area contributed by atoms with E-state index in [1.807, 2.05) is 12.1 Å². The van der Waals surface area contributed by atoms with E-state index >= 15 is 0 Å². The molecule has 0 spiro atoms. The van der Waals surface area contributed by atoms with E-state index in [9.17, 15) is 5.11 Å². The second-order valence-corrected chi connectivity index (χ2v) is 11.4. The number of anilines is 3.